The lowest BCUT2D eigenvalue weighted by Gasteiger charge is -2.21. The first-order valence-corrected chi connectivity index (χ1v) is 8.37. The van der Waals surface area contributed by atoms with Crippen molar-refractivity contribution in [3.05, 3.63) is 0 Å². The quantitative estimate of drug-likeness (QED) is 0.826. The van der Waals surface area contributed by atoms with Crippen LogP contribution in [0.5, 0.6) is 0 Å². The molecule has 0 spiro atoms. The third kappa shape index (κ3) is 3.69. The van der Waals surface area contributed by atoms with Crippen molar-refractivity contribution in [2.75, 3.05) is 18.1 Å². The van der Waals surface area contributed by atoms with Crippen molar-refractivity contribution in [3.8, 4) is 0 Å². The molecular weight excluding hydrogens is 238 g/mol. The Balaban J connectivity index is 1.73. The zero-order chi connectivity index (χ0) is 12.3. The molecule has 0 unspecified atom stereocenters. The minimum atomic E-state index is -2.82. The number of nitrogens with one attached hydrogen (secondary N) is 1. The molecule has 1 heterocycles. The predicted octanol–water partition coefficient (Wildman–Crippen LogP) is 1.12. The standard InChI is InChI=1S/C12H21NO3S/c14-12(11-4-2-1-3-5-11)13-8-10-6-7-17(15,16)9-10/h10-11H,1-9H2,(H,13,14)/t10-/m1/s1. The molecule has 0 aromatic carbocycles. The van der Waals surface area contributed by atoms with E-state index >= 15 is 0 Å². The zero-order valence-electron chi connectivity index (χ0n) is 10.2. The van der Waals surface area contributed by atoms with Gasteiger partial charge in [0.15, 0.2) is 9.84 Å². The van der Waals surface area contributed by atoms with Crippen LogP contribution in [0.4, 0.5) is 0 Å². The highest BCUT2D eigenvalue weighted by Gasteiger charge is 2.29. The van der Waals surface area contributed by atoms with Gasteiger partial charge in [0.05, 0.1) is 11.5 Å². The van der Waals surface area contributed by atoms with Crippen LogP contribution in [0.3, 0.4) is 0 Å². The van der Waals surface area contributed by atoms with E-state index in [1.54, 1.807) is 0 Å². The van der Waals surface area contributed by atoms with Crippen LogP contribution in [0.15, 0.2) is 0 Å². The molecule has 0 bridgehead atoms. The zero-order valence-corrected chi connectivity index (χ0v) is 11.0. The molecule has 17 heavy (non-hydrogen) atoms. The number of hydrogen-bond donors (Lipinski definition) is 1. The largest absolute Gasteiger partial charge is 0.356 e. The molecule has 1 saturated carbocycles. The van der Waals surface area contributed by atoms with Gasteiger partial charge >= 0.3 is 0 Å². The molecule has 1 amide bonds. The molecule has 1 aliphatic carbocycles. The van der Waals surface area contributed by atoms with Gasteiger partial charge in [-0.2, -0.15) is 0 Å². The summed E-state index contributed by atoms with van der Waals surface area (Å²) in [4.78, 5) is 11.9. The van der Waals surface area contributed by atoms with Crippen molar-refractivity contribution in [3.63, 3.8) is 0 Å². The lowest BCUT2D eigenvalue weighted by molar-refractivity contribution is -0.126. The van der Waals surface area contributed by atoms with Gasteiger partial charge in [-0.1, -0.05) is 19.3 Å². The molecule has 1 saturated heterocycles. The van der Waals surface area contributed by atoms with Gasteiger partial charge in [0, 0.05) is 12.5 Å². The fraction of sp³-hybridized carbons (Fsp3) is 0.917. The first kappa shape index (κ1) is 12.9. The molecule has 2 fully saturated rings. The molecule has 5 heteroatoms. The summed E-state index contributed by atoms with van der Waals surface area (Å²) in [5.74, 6) is 0.970. The molecule has 2 rings (SSSR count). The Labute approximate surface area is 103 Å². The average molecular weight is 259 g/mol. The predicted molar refractivity (Wildman–Crippen MR) is 66.3 cm³/mol. The van der Waals surface area contributed by atoms with Crippen molar-refractivity contribution >= 4 is 15.7 Å². The van der Waals surface area contributed by atoms with Crippen LogP contribution in [0.1, 0.15) is 38.5 Å². The average Bonchev–Trinajstić information content (AvgIpc) is 2.67. The smallest absolute Gasteiger partial charge is 0.223 e. The third-order valence-corrected chi connectivity index (χ3v) is 5.70. The molecule has 0 radical (unpaired) electrons. The van der Waals surface area contributed by atoms with Crippen molar-refractivity contribution < 1.29 is 13.2 Å². The summed E-state index contributed by atoms with van der Waals surface area (Å²) in [5.41, 5.74) is 0. The van der Waals surface area contributed by atoms with Crippen molar-refractivity contribution in [1.29, 1.82) is 0 Å². The highest BCUT2D eigenvalue weighted by Crippen LogP contribution is 2.24. The summed E-state index contributed by atoms with van der Waals surface area (Å²) >= 11 is 0. The second kappa shape index (κ2) is 5.38. The molecule has 98 valence electrons. The van der Waals surface area contributed by atoms with E-state index in [9.17, 15) is 13.2 Å². The molecular formula is C12H21NO3S. The highest BCUT2D eigenvalue weighted by atomic mass is 32.2. The minimum Gasteiger partial charge on any atom is -0.356 e. The fourth-order valence-electron chi connectivity index (χ4n) is 2.79. The van der Waals surface area contributed by atoms with E-state index in [1.165, 1.54) is 6.42 Å². The van der Waals surface area contributed by atoms with Crippen LogP contribution in [-0.2, 0) is 14.6 Å². The number of rotatable bonds is 3. The van der Waals surface area contributed by atoms with E-state index in [0.29, 0.717) is 13.0 Å². The Morgan fingerprint density at radius 3 is 2.41 bits per heavy atom. The molecule has 1 atom stereocenters. The monoisotopic (exact) mass is 259 g/mol. The summed E-state index contributed by atoms with van der Waals surface area (Å²) in [6.45, 7) is 0.536. The number of carbonyl (C=O) groups excluding carboxylic acids is 1. The molecule has 1 aliphatic heterocycles. The van der Waals surface area contributed by atoms with E-state index < -0.39 is 9.84 Å². The minimum absolute atomic E-state index is 0.132. The fourth-order valence-corrected chi connectivity index (χ4v) is 4.65. The summed E-state index contributed by atoms with van der Waals surface area (Å²) in [6.07, 6.45) is 6.23. The van der Waals surface area contributed by atoms with Crippen molar-refractivity contribution in [1.82, 2.24) is 5.32 Å². The van der Waals surface area contributed by atoms with Gasteiger partial charge in [0.1, 0.15) is 0 Å². The molecule has 4 nitrogen and oxygen atoms in total. The second-order valence-corrected chi connectivity index (χ2v) is 7.58. The topological polar surface area (TPSA) is 63.2 Å². The number of sulfone groups is 1. The van der Waals surface area contributed by atoms with Gasteiger partial charge in [-0.25, -0.2) is 8.42 Å². The summed E-state index contributed by atoms with van der Waals surface area (Å²) in [5, 5.41) is 2.93. The third-order valence-electron chi connectivity index (χ3n) is 3.87. The van der Waals surface area contributed by atoms with E-state index in [-0.39, 0.29) is 29.2 Å². The van der Waals surface area contributed by atoms with Gasteiger partial charge in [0.25, 0.3) is 0 Å². The Bertz CT molecular complexity index is 371. The maximum Gasteiger partial charge on any atom is 0.223 e. The molecule has 2 aliphatic rings. The Morgan fingerprint density at radius 2 is 1.82 bits per heavy atom. The molecule has 0 aromatic heterocycles. The van der Waals surface area contributed by atoms with E-state index in [2.05, 4.69) is 5.32 Å². The van der Waals surface area contributed by atoms with E-state index in [1.807, 2.05) is 0 Å². The number of hydrogen-bond acceptors (Lipinski definition) is 3. The Kier molecular flexibility index (Phi) is 4.07. The van der Waals surface area contributed by atoms with Crippen LogP contribution in [0.2, 0.25) is 0 Å². The normalized spacial score (nSPS) is 29.1. The van der Waals surface area contributed by atoms with Gasteiger partial charge in [-0.05, 0) is 25.2 Å². The summed E-state index contributed by atoms with van der Waals surface area (Å²) in [7, 11) is -2.82. The SMILES string of the molecule is O=C(NC[C@H]1CCS(=O)(=O)C1)C1CCCCC1. The highest BCUT2D eigenvalue weighted by molar-refractivity contribution is 7.91. The van der Waals surface area contributed by atoms with E-state index in [0.717, 1.165) is 25.7 Å². The summed E-state index contributed by atoms with van der Waals surface area (Å²) < 4.78 is 22.5. The number of carbonyl (C=O) groups is 1. The van der Waals surface area contributed by atoms with Crippen molar-refractivity contribution in [2.24, 2.45) is 11.8 Å². The maximum atomic E-state index is 11.9. The van der Waals surface area contributed by atoms with Gasteiger partial charge < -0.3 is 5.32 Å². The number of amides is 1. The Morgan fingerprint density at radius 1 is 1.12 bits per heavy atom. The van der Waals surface area contributed by atoms with E-state index in [4.69, 9.17) is 0 Å². The van der Waals surface area contributed by atoms with Crippen LogP contribution < -0.4 is 5.32 Å². The van der Waals surface area contributed by atoms with Crippen LogP contribution in [0.25, 0.3) is 0 Å². The van der Waals surface area contributed by atoms with Crippen molar-refractivity contribution in [2.45, 2.75) is 38.5 Å². The first-order valence-electron chi connectivity index (χ1n) is 6.55. The first-order chi connectivity index (χ1) is 8.07. The van der Waals surface area contributed by atoms with Crippen LogP contribution in [-0.4, -0.2) is 32.4 Å². The van der Waals surface area contributed by atoms with Crippen LogP contribution in [0, 0.1) is 11.8 Å². The Hall–Kier alpha value is -0.580. The maximum absolute atomic E-state index is 11.9. The van der Waals surface area contributed by atoms with Crippen LogP contribution >= 0.6 is 0 Å². The molecule has 0 aromatic rings. The molecule has 1 N–H and O–H groups in total. The van der Waals surface area contributed by atoms with Gasteiger partial charge in [-0.3, -0.25) is 4.79 Å². The van der Waals surface area contributed by atoms with Gasteiger partial charge in [0.2, 0.25) is 5.91 Å². The lowest BCUT2D eigenvalue weighted by Crippen LogP contribution is -2.35. The summed E-state index contributed by atoms with van der Waals surface area (Å²) in [6, 6.07) is 0. The second-order valence-electron chi connectivity index (χ2n) is 5.35. The lowest BCUT2D eigenvalue weighted by atomic mass is 9.88. The van der Waals surface area contributed by atoms with Gasteiger partial charge in [-0.15, -0.1) is 0 Å².